The largest absolute Gasteiger partial charge is 0.329 e. The first kappa shape index (κ1) is 15.5. The van der Waals surface area contributed by atoms with Gasteiger partial charge in [0.2, 0.25) is 0 Å². The van der Waals surface area contributed by atoms with Gasteiger partial charge in [-0.3, -0.25) is 0 Å². The second-order valence-electron chi connectivity index (χ2n) is 5.94. The van der Waals surface area contributed by atoms with Gasteiger partial charge in [-0.2, -0.15) is 0 Å². The smallest absolute Gasteiger partial charge is 0.132 e. The van der Waals surface area contributed by atoms with Gasteiger partial charge >= 0.3 is 0 Å². The van der Waals surface area contributed by atoms with E-state index < -0.39 is 0 Å². The molecule has 0 bridgehead atoms. The van der Waals surface area contributed by atoms with E-state index in [1.807, 2.05) is 6.20 Å². The lowest BCUT2D eigenvalue weighted by Crippen LogP contribution is -2.19. The van der Waals surface area contributed by atoms with E-state index in [2.05, 4.69) is 79.4 Å². The number of hydrogen-bond donors (Lipinski definition) is 1. The summed E-state index contributed by atoms with van der Waals surface area (Å²) in [6.07, 6.45) is 1.88. The molecule has 2 rings (SSSR count). The zero-order chi connectivity index (χ0) is 15.2. The van der Waals surface area contributed by atoms with Crippen LogP contribution >= 0.6 is 0 Å². The van der Waals surface area contributed by atoms with Crippen molar-refractivity contribution in [3.05, 3.63) is 53.7 Å². The van der Waals surface area contributed by atoms with Crippen molar-refractivity contribution in [1.82, 2.24) is 10.3 Å². The third-order valence-electron chi connectivity index (χ3n) is 3.46. The van der Waals surface area contributed by atoms with Gasteiger partial charge in [0.25, 0.3) is 0 Å². The Kier molecular flexibility index (Phi) is 5.34. The molecule has 1 aromatic heterocycles. The van der Waals surface area contributed by atoms with Gasteiger partial charge in [-0.1, -0.05) is 31.5 Å². The van der Waals surface area contributed by atoms with E-state index in [0.717, 1.165) is 24.6 Å². The summed E-state index contributed by atoms with van der Waals surface area (Å²) in [6.45, 7) is 8.45. The Morgan fingerprint density at radius 3 is 2.52 bits per heavy atom. The second-order valence-corrected chi connectivity index (χ2v) is 5.94. The maximum atomic E-state index is 4.48. The van der Waals surface area contributed by atoms with Gasteiger partial charge in [-0.05, 0) is 49.2 Å². The van der Waals surface area contributed by atoms with Crippen molar-refractivity contribution in [2.75, 3.05) is 18.5 Å². The molecule has 3 nitrogen and oxygen atoms in total. The first-order valence-corrected chi connectivity index (χ1v) is 7.52. The Morgan fingerprint density at radius 1 is 1.14 bits per heavy atom. The highest BCUT2D eigenvalue weighted by Gasteiger charge is 2.06. The van der Waals surface area contributed by atoms with Gasteiger partial charge in [-0.25, -0.2) is 4.98 Å². The normalized spacial score (nSPS) is 10.9. The number of rotatable bonds is 6. The van der Waals surface area contributed by atoms with Crippen molar-refractivity contribution in [3.63, 3.8) is 0 Å². The predicted molar refractivity (Wildman–Crippen MR) is 90.0 cm³/mol. The van der Waals surface area contributed by atoms with E-state index in [0.29, 0.717) is 5.92 Å². The zero-order valence-electron chi connectivity index (χ0n) is 13.4. The maximum absolute atomic E-state index is 4.48. The van der Waals surface area contributed by atoms with Crippen molar-refractivity contribution in [2.45, 2.75) is 27.3 Å². The molecule has 0 amide bonds. The van der Waals surface area contributed by atoms with E-state index in [9.17, 15) is 0 Å². The Bertz CT molecular complexity index is 561. The lowest BCUT2D eigenvalue weighted by molar-refractivity contribution is 0.552. The van der Waals surface area contributed by atoms with Crippen LogP contribution in [0.3, 0.4) is 0 Å². The molecule has 0 saturated heterocycles. The second kappa shape index (κ2) is 7.23. The molecular formula is C18H25N3. The molecule has 0 saturated carbocycles. The number of benzene rings is 1. The minimum Gasteiger partial charge on any atom is -0.329 e. The summed E-state index contributed by atoms with van der Waals surface area (Å²) in [5.74, 6) is 1.64. The van der Waals surface area contributed by atoms with Crippen molar-refractivity contribution in [2.24, 2.45) is 5.92 Å². The molecule has 0 atom stereocenters. The van der Waals surface area contributed by atoms with Gasteiger partial charge < -0.3 is 10.2 Å². The fraction of sp³-hybridized carbons (Fsp3) is 0.389. The van der Waals surface area contributed by atoms with Crippen molar-refractivity contribution in [1.29, 1.82) is 0 Å². The van der Waals surface area contributed by atoms with Crippen LogP contribution in [0.25, 0.3) is 0 Å². The molecular weight excluding hydrogens is 258 g/mol. The Labute approximate surface area is 128 Å². The number of aromatic nitrogens is 1. The van der Waals surface area contributed by atoms with Crippen LogP contribution in [0.2, 0.25) is 0 Å². The van der Waals surface area contributed by atoms with Gasteiger partial charge in [0, 0.05) is 25.5 Å². The fourth-order valence-corrected chi connectivity index (χ4v) is 2.16. The summed E-state index contributed by atoms with van der Waals surface area (Å²) in [5, 5.41) is 3.47. The van der Waals surface area contributed by atoms with Crippen molar-refractivity contribution in [3.8, 4) is 0 Å². The summed E-state index contributed by atoms with van der Waals surface area (Å²) in [5.41, 5.74) is 3.69. The van der Waals surface area contributed by atoms with E-state index in [-0.39, 0.29) is 0 Å². The monoisotopic (exact) mass is 283 g/mol. The molecule has 1 heterocycles. The van der Waals surface area contributed by atoms with E-state index in [4.69, 9.17) is 0 Å². The van der Waals surface area contributed by atoms with Crippen LogP contribution in [0.5, 0.6) is 0 Å². The highest BCUT2D eigenvalue weighted by atomic mass is 15.2. The third-order valence-corrected chi connectivity index (χ3v) is 3.46. The molecule has 1 aromatic carbocycles. The summed E-state index contributed by atoms with van der Waals surface area (Å²) in [6, 6.07) is 12.7. The van der Waals surface area contributed by atoms with E-state index in [1.54, 1.807) is 0 Å². The Morgan fingerprint density at radius 2 is 1.86 bits per heavy atom. The minimum absolute atomic E-state index is 0.668. The quantitative estimate of drug-likeness (QED) is 0.871. The molecule has 1 N–H and O–H groups in total. The average Bonchev–Trinajstić information content (AvgIpc) is 2.47. The van der Waals surface area contributed by atoms with E-state index in [1.165, 1.54) is 11.1 Å². The van der Waals surface area contributed by atoms with Gasteiger partial charge in [-0.15, -0.1) is 0 Å². The van der Waals surface area contributed by atoms with Gasteiger partial charge in [0.05, 0.1) is 0 Å². The number of hydrogen-bond acceptors (Lipinski definition) is 3. The van der Waals surface area contributed by atoms with Crippen LogP contribution in [0.4, 0.5) is 11.5 Å². The summed E-state index contributed by atoms with van der Waals surface area (Å²) >= 11 is 0. The first-order chi connectivity index (χ1) is 10.1. The standard InChI is InChI=1S/C18H25N3/c1-14(2)12-19-13-16-9-10-20-18(11-16)21(4)17-7-5-15(3)6-8-17/h5-11,14,19H,12-13H2,1-4H3. The number of nitrogens with zero attached hydrogens (tertiary/aromatic N) is 2. The summed E-state index contributed by atoms with van der Waals surface area (Å²) < 4.78 is 0. The van der Waals surface area contributed by atoms with Gasteiger partial charge in [0.15, 0.2) is 0 Å². The molecule has 0 aliphatic heterocycles. The topological polar surface area (TPSA) is 28.2 Å². The molecule has 0 spiro atoms. The van der Waals surface area contributed by atoms with Crippen molar-refractivity contribution >= 4 is 11.5 Å². The van der Waals surface area contributed by atoms with Crippen LogP contribution < -0.4 is 10.2 Å². The third kappa shape index (κ3) is 4.57. The van der Waals surface area contributed by atoms with Gasteiger partial charge in [0.1, 0.15) is 5.82 Å². The average molecular weight is 283 g/mol. The molecule has 21 heavy (non-hydrogen) atoms. The number of nitrogens with one attached hydrogen (secondary N) is 1. The van der Waals surface area contributed by atoms with Crippen LogP contribution in [-0.4, -0.2) is 18.6 Å². The first-order valence-electron chi connectivity index (χ1n) is 7.52. The predicted octanol–water partition coefficient (Wildman–Crippen LogP) is 3.90. The fourth-order valence-electron chi connectivity index (χ4n) is 2.16. The molecule has 0 fully saturated rings. The van der Waals surface area contributed by atoms with Crippen LogP contribution in [-0.2, 0) is 6.54 Å². The highest BCUT2D eigenvalue weighted by Crippen LogP contribution is 2.22. The Hall–Kier alpha value is -1.87. The van der Waals surface area contributed by atoms with Crippen LogP contribution in [0, 0.1) is 12.8 Å². The molecule has 0 radical (unpaired) electrons. The summed E-state index contributed by atoms with van der Waals surface area (Å²) in [7, 11) is 2.05. The van der Waals surface area contributed by atoms with Crippen molar-refractivity contribution < 1.29 is 0 Å². The highest BCUT2D eigenvalue weighted by molar-refractivity contribution is 5.59. The lowest BCUT2D eigenvalue weighted by Gasteiger charge is -2.19. The molecule has 112 valence electrons. The molecule has 2 aromatic rings. The zero-order valence-corrected chi connectivity index (χ0v) is 13.4. The number of anilines is 2. The van der Waals surface area contributed by atoms with Crippen LogP contribution in [0.15, 0.2) is 42.6 Å². The number of aryl methyl sites for hydroxylation is 1. The van der Waals surface area contributed by atoms with E-state index >= 15 is 0 Å². The van der Waals surface area contributed by atoms with Crippen LogP contribution in [0.1, 0.15) is 25.0 Å². The molecule has 3 heteroatoms. The maximum Gasteiger partial charge on any atom is 0.132 e. The summed E-state index contributed by atoms with van der Waals surface area (Å²) in [4.78, 5) is 6.60. The number of pyridine rings is 1. The lowest BCUT2D eigenvalue weighted by atomic mass is 10.2. The molecule has 0 aliphatic rings. The SMILES string of the molecule is Cc1ccc(N(C)c2cc(CNCC(C)C)ccn2)cc1. The molecule has 0 aliphatic carbocycles. The Balaban J connectivity index is 2.07. The molecule has 0 unspecified atom stereocenters. The minimum atomic E-state index is 0.668.